The lowest BCUT2D eigenvalue weighted by molar-refractivity contribution is -0.141. The minimum atomic E-state index is -1.29. The molecule has 0 bridgehead atoms. The number of hydrogen-bond acceptors (Lipinski definition) is 6. The average Bonchev–Trinajstić information content (AvgIpc) is 2.41. The first-order valence-electron chi connectivity index (χ1n) is 6.17. The zero-order valence-corrected chi connectivity index (χ0v) is 11.8. The molecule has 0 aliphatic carbocycles. The number of rotatable bonds is 9. The Labute approximate surface area is 125 Å². The van der Waals surface area contributed by atoms with Gasteiger partial charge in [-0.15, -0.1) is 0 Å². The Hall–Kier alpha value is -2.69. The molecule has 0 radical (unpaired) electrons. The van der Waals surface area contributed by atoms with Gasteiger partial charge in [0.25, 0.3) is 0 Å². The summed E-state index contributed by atoms with van der Waals surface area (Å²) >= 11 is 0. The van der Waals surface area contributed by atoms with Crippen molar-refractivity contribution in [3.63, 3.8) is 0 Å². The first-order valence-corrected chi connectivity index (χ1v) is 6.17. The van der Waals surface area contributed by atoms with E-state index in [1.165, 1.54) is 6.92 Å². The molecule has 0 aliphatic heterocycles. The summed E-state index contributed by atoms with van der Waals surface area (Å²) in [6.45, 7) is 0.299. The highest BCUT2D eigenvalue weighted by molar-refractivity contribution is 5.91. The smallest absolute Gasteiger partial charge is 0.325 e. The van der Waals surface area contributed by atoms with Gasteiger partial charge in [-0.1, -0.05) is 0 Å². The number of nitrogens with one attached hydrogen (secondary N) is 3. The van der Waals surface area contributed by atoms with E-state index in [9.17, 15) is 24.0 Å². The highest BCUT2D eigenvalue weighted by Gasteiger charge is 2.18. The van der Waals surface area contributed by atoms with Crippen LogP contribution in [0.25, 0.3) is 0 Å². The van der Waals surface area contributed by atoms with Crippen molar-refractivity contribution in [1.82, 2.24) is 16.0 Å². The van der Waals surface area contributed by atoms with E-state index in [-0.39, 0.29) is 0 Å². The lowest BCUT2D eigenvalue weighted by Crippen LogP contribution is -2.48. The largest absolute Gasteiger partial charge is 0.481 e. The Morgan fingerprint density at radius 1 is 1.00 bits per heavy atom. The van der Waals surface area contributed by atoms with Gasteiger partial charge in [0.1, 0.15) is 6.04 Å². The summed E-state index contributed by atoms with van der Waals surface area (Å²) in [6, 6.07) is -2.39. The maximum Gasteiger partial charge on any atom is 0.325 e. The monoisotopic (exact) mass is 318 g/mol. The van der Waals surface area contributed by atoms with Gasteiger partial charge in [-0.25, -0.2) is 0 Å². The van der Waals surface area contributed by atoms with E-state index >= 15 is 0 Å². The Bertz CT molecular complexity index is 465. The first kappa shape index (κ1) is 19.3. The Balaban J connectivity index is 4.00. The van der Waals surface area contributed by atoms with Crippen LogP contribution in [0.3, 0.4) is 0 Å². The minimum Gasteiger partial charge on any atom is -0.481 e. The third-order valence-electron chi connectivity index (χ3n) is 2.35. The minimum absolute atomic E-state index is 0.465. The maximum absolute atomic E-state index is 11.3. The molecule has 0 aliphatic rings. The van der Waals surface area contributed by atoms with Crippen LogP contribution < -0.4 is 21.7 Å². The van der Waals surface area contributed by atoms with Crippen LogP contribution in [-0.4, -0.2) is 65.0 Å². The van der Waals surface area contributed by atoms with Crippen LogP contribution in [0.2, 0.25) is 0 Å². The van der Waals surface area contributed by atoms with Gasteiger partial charge in [0.15, 0.2) is 0 Å². The fourth-order valence-corrected chi connectivity index (χ4v) is 1.17. The number of aliphatic carboxylic acids is 2. The van der Waals surface area contributed by atoms with Crippen molar-refractivity contribution in [3.05, 3.63) is 0 Å². The van der Waals surface area contributed by atoms with E-state index in [0.29, 0.717) is 0 Å². The third kappa shape index (κ3) is 8.47. The highest BCUT2D eigenvalue weighted by atomic mass is 16.4. The summed E-state index contributed by atoms with van der Waals surface area (Å²) < 4.78 is 0. The predicted octanol–water partition coefficient (Wildman–Crippen LogP) is -3.39. The van der Waals surface area contributed by atoms with E-state index in [1.807, 2.05) is 0 Å². The number of nitrogens with two attached hydrogens (primary N) is 1. The van der Waals surface area contributed by atoms with Crippen LogP contribution in [0, 0.1) is 0 Å². The van der Waals surface area contributed by atoms with E-state index in [4.69, 9.17) is 15.9 Å². The molecule has 2 unspecified atom stereocenters. The molecule has 0 aromatic heterocycles. The Kier molecular flexibility index (Phi) is 8.15. The summed E-state index contributed by atoms with van der Waals surface area (Å²) in [7, 11) is 0. The average molecular weight is 318 g/mol. The second-order valence-electron chi connectivity index (χ2n) is 4.33. The molecule has 11 heteroatoms. The molecule has 22 heavy (non-hydrogen) atoms. The van der Waals surface area contributed by atoms with Crippen molar-refractivity contribution in [3.8, 4) is 0 Å². The molecule has 0 rings (SSSR count). The van der Waals surface area contributed by atoms with Crippen molar-refractivity contribution in [2.75, 3.05) is 13.1 Å². The number of amides is 3. The van der Waals surface area contributed by atoms with Gasteiger partial charge in [-0.3, -0.25) is 24.0 Å². The van der Waals surface area contributed by atoms with Crippen LogP contribution in [-0.2, 0) is 24.0 Å². The second-order valence-corrected chi connectivity index (χ2v) is 4.33. The quantitative estimate of drug-likeness (QED) is 0.254. The van der Waals surface area contributed by atoms with Crippen molar-refractivity contribution in [2.45, 2.75) is 25.4 Å². The van der Waals surface area contributed by atoms with Crippen molar-refractivity contribution >= 4 is 29.7 Å². The fourth-order valence-electron chi connectivity index (χ4n) is 1.17. The molecule has 11 nitrogen and oxygen atoms in total. The molecule has 3 amide bonds. The topological polar surface area (TPSA) is 188 Å². The molecular weight excluding hydrogens is 300 g/mol. The van der Waals surface area contributed by atoms with E-state index in [0.717, 1.165) is 0 Å². The Morgan fingerprint density at radius 3 is 2.05 bits per heavy atom. The van der Waals surface area contributed by atoms with Gasteiger partial charge < -0.3 is 31.9 Å². The SMILES string of the molecule is CC(NC(=O)CNC(=O)CNC(=O)C(N)CC(=O)O)C(=O)O. The Morgan fingerprint density at radius 2 is 1.55 bits per heavy atom. The number of carbonyl (C=O) groups excluding carboxylic acids is 3. The standard InChI is InChI=1S/C11H18N4O7/c1-5(11(21)22)15-8(17)4-13-7(16)3-14-10(20)6(12)2-9(18)19/h5-6H,2-4,12H2,1H3,(H,13,16)(H,14,20)(H,15,17)(H,18,19)(H,21,22). The number of carbonyl (C=O) groups is 5. The molecule has 0 aromatic carbocycles. The molecular formula is C11H18N4O7. The van der Waals surface area contributed by atoms with Crippen LogP contribution in [0.4, 0.5) is 0 Å². The van der Waals surface area contributed by atoms with Gasteiger partial charge in [-0.2, -0.15) is 0 Å². The van der Waals surface area contributed by atoms with Gasteiger partial charge >= 0.3 is 11.9 Å². The summed E-state index contributed by atoms with van der Waals surface area (Å²) in [5.74, 6) is -4.72. The molecule has 7 N–H and O–H groups in total. The summed E-state index contributed by atoms with van der Waals surface area (Å²) in [5.41, 5.74) is 5.27. The normalized spacial score (nSPS) is 12.6. The number of hydrogen-bond donors (Lipinski definition) is 6. The lowest BCUT2D eigenvalue weighted by Gasteiger charge is -2.11. The second kappa shape index (κ2) is 9.28. The van der Waals surface area contributed by atoms with Gasteiger partial charge in [0, 0.05) is 0 Å². The molecule has 0 fully saturated rings. The van der Waals surface area contributed by atoms with Crippen molar-refractivity contribution in [1.29, 1.82) is 0 Å². The van der Waals surface area contributed by atoms with Crippen molar-refractivity contribution in [2.24, 2.45) is 5.73 Å². The molecule has 0 heterocycles. The summed E-state index contributed by atoms with van der Waals surface area (Å²) in [4.78, 5) is 54.8. The fraction of sp³-hybridized carbons (Fsp3) is 0.545. The highest BCUT2D eigenvalue weighted by Crippen LogP contribution is 1.87. The van der Waals surface area contributed by atoms with Crippen LogP contribution in [0.1, 0.15) is 13.3 Å². The van der Waals surface area contributed by atoms with Gasteiger partial charge in [0.2, 0.25) is 17.7 Å². The van der Waals surface area contributed by atoms with E-state index in [2.05, 4.69) is 16.0 Å². The zero-order chi connectivity index (χ0) is 17.3. The molecule has 124 valence electrons. The van der Waals surface area contributed by atoms with E-state index in [1.54, 1.807) is 0 Å². The third-order valence-corrected chi connectivity index (χ3v) is 2.35. The van der Waals surface area contributed by atoms with Gasteiger partial charge in [0.05, 0.1) is 25.6 Å². The van der Waals surface area contributed by atoms with Gasteiger partial charge in [-0.05, 0) is 6.92 Å². The summed E-state index contributed by atoms with van der Waals surface area (Å²) in [6.07, 6.45) is -0.580. The lowest BCUT2D eigenvalue weighted by atomic mass is 10.2. The maximum atomic E-state index is 11.3. The number of carboxylic acid groups (broad SMARTS) is 2. The van der Waals surface area contributed by atoms with Crippen LogP contribution in [0.15, 0.2) is 0 Å². The molecule has 0 saturated carbocycles. The van der Waals surface area contributed by atoms with Crippen LogP contribution in [0.5, 0.6) is 0 Å². The van der Waals surface area contributed by atoms with Crippen molar-refractivity contribution < 1.29 is 34.2 Å². The summed E-state index contributed by atoms with van der Waals surface area (Å²) in [5, 5.41) is 23.4. The zero-order valence-electron chi connectivity index (χ0n) is 11.8. The molecule has 0 aromatic rings. The molecule has 0 saturated heterocycles. The number of carboxylic acids is 2. The van der Waals surface area contributed by atoms with E-state index < -0.39 is 61.3 Å². The molecule has 2 atom stereocenters. The molecule has 0 spiro atoms. The first-order chi connectivity index (χ1) is 10.1. The predicted molar refractivity (Wildman–Crippen MR) is 71.5 cm³/mol. The van der Waals surface area contributed by atoms with Crippen LogP contribution >= 0.6 is 0 Å².